The number of aromatic nitrogens is 1. The van der Waals surface area contributed by atoms with Crippen molar-refractivity contribution in [3.8, 4) is 17.0 Å². The molecule has 0 atom stereocenters. The maximum atomic E-state index is 10.7. The standard InChI is InChI=1S/C17H13NO2S/c19-10-17-18-16(12-21-17)14-6-8-15(9-7-14)20-11-13-4-2-1-3-5-13/h1-10,12H,11H2. The van der Waals surface area contributed by atoms with Crippen LogP contribution in [-0.4, -0.2) is 11.3 Å². The lowest BCUT2D eigenvalue weighted by molar-refractivity contribution is 0.112. The Kier molecular flexibility index (Phi) is 4.07. The molecule has 2 aromatic carbocycles. The van der Waals surface area contributed by atoms with E-state index in [0.29, 0.717) is 11.6 Å². The predicted octanol–water partition coefficient (Wildman–Crippen LogP) is 4.20. The minimum absolute atomic E-state index is 0.495. The zero-order valence-electron chi connectivity index (χ0n) is 11.2. The highest BCUT2D eigenvalue weighted by molar-refractivity contribution is 7.11. The van der Waals surface area contributed by atoms with Crippen LogP contribution in [0.25, 0.3) is 11.3 Å². The van der Waals surface area contributed by atoms with Gasteiger partial charge in [-0.25, -0.2) is 4.98 Å². The first kappa shape index (κ1) is 13.5. The van der Waals surface area contributed by atoms with Crippen LogP contribution >= 0.6 is 11.3 Å². The van der Waals surface area contributed by atoms with Crippen molar-refractivity contribution in [1.82, 2.24) is 4.98 Å². The fraction of sp³-hybridized carbons (Fsp3) is 0.0588. The molecule has 21 heavy (non-hydrogen) atoms. The maximum Gasteiger partial charge on any atom is 0.178 e. The topological polar surface area (TPSA) is 39.2 Å². The van der Waals surface area contributed by atoms with E-state index in [0.717, 1.165) is 28.9 Å². The summed E-state index contributed by atoms with van der Waals surface area (Å²) in [5, 5.41) is 2.37. The zero-order valence-corrected chi connectivity index (χ0v) is 12.0. The van der Waals surface area contributed by atoms with Gasteiger partial charge in [0.1, 0.15) is 12.4 Å². The molecular weight excluding hydrogens is 282 g/mol. The van der Waals surface area contributed by atoms with Gasteiger partial charge in [0.15, 0.2) is 11.3 Å². The number of nitrogens with zero attached hydrogens (tertiary/aromatic N) is 1. The second-order valence-electron chi connectivity index (χ2n) is 4.49. The van der Waals surface area contributed by atoms with Gasteiger partial charge in [-0.1, -0.05) is 30.3 Å². The van der Waals surface area contributed by atoms with Crippen molar-refractivity contribution < 1.29 is 9.53 Å². The van der Waals surface area contributed by atoms with Crippen LogP contribution in [0.15, 0.2) is 60.0 Å². The third-order valence-corrected chi connectivity index (χ3v) is 3.79. The molecule has 4 heteroatoms. The molecule has 1 heterocycles. The van der Waals surface area contributed by atoms with Crippen molar-refractivity contribution in [3.05, 3.63) is 70.5 Å². The number of benzene rings is 2. The van der Waals surface area contributed by atoms with Gasteiger partial charge >= 0.3 is 0 Å². The lowest BCUT2D eigenvalue weighted by Gasteiger charge is -2.06. The van der Waals surface area contributed by atoms with Crippen LogP contribution in [0, 0.1) is 0 Å². The Labute approximate surface area is 126 Å². The van der Waals surface area contributed by atoms with Gasteiger partial charge in [0, 0.05) is 10.9 Å². The highest BCUT2D eigenvalue weighted by Crippen LogP contribution is 2.24. The third-order valence-electron chi connectivity index (χ3n) is 3.02. The molecular formula is C17H13NO2S. The van der Waals surface area contributed by atoms with Gasteiger partial charge in [0.25, 0.3) is 0 Å². The van der Waals surface area contributed by atoms with Crippen molar-refractivity contribution in [2.75, 3.05) is 0 Å². The number of ether oxygens (including phenoxy) is 1. The van der Waals surface area contributed by atoms with Crippen molar-refractivity contribution in [1.29, 1.82) is 0 Å². The van der Waals surface area contributed by atoms with Crippen LogP contribution < -0.4 is 4.74 Å². The van der Waals surface area contributed by atoms with Crippen molar-refractivity contribution >= 4 is 17.6 Å². The molecule has 104 valence electrons. The molecule has 0 aliphatic heterocycles. The lowest BCUT2D eigenvalue weighted by Crippen LogP contribution is -1.94. The van der Waals surface area contributed by atoms with E-state index in [1.807, 2.05) is 60.0 Å². The first-order valence-corrected chi connectivity index (χ1v) is 7.41. The van der Waals surface area contributed by atoms with E-state index in [2.05, 4.69) is 4.98 Å². The first-order chi connectivity index (χ1) is 10.3. The molecule has 1 aromatic heterocycles. The van der Waals surface area contributed by atoms with Crippen LogP contribution in [0.1, 0.15) is 15.4 Å². The number of rotatable bonds is 5. The maximum absolute atomic E-state index is 10.7. The van der Waals surface area contributed by atoms with Gasteiger partial charge in [0.05, 0.1) is 5.69 Å². The SMILES string of the molecule is O=Cc1nc(-c2ccc(OCc3ccccc3)cc2)cs1. The van der Waals surface area contributed by atoms with Crippen molar-refractivity contribution in [2.45, 2.75) is 6.61 Å². The molecule has 0 bridgehead atoms. The molecule has 0 saturated heterocycles. The fourth-order valence-corrected chi connectivity index (χ4v) is 2.56. The zero-order chi connectivity index (χ0) is 14.5. The summed E-state index contributed by atoms with van der Waals surface area (Å²) in [5.74, 6) is 0.813. The Bertz CT molecular complexity index is 720. The summed E-state index contributed by atoms with van der Waals surface area (Å²) in [5.41, 5.74) is 2.93. The van der Waals surface area contributed by atoms with E-state index in [9.17, 15) is 4.79 Å². The van der Waals surface area contributed by atoms with Gasteiger partial charge in [-0.2, -0.15) is 0 Å². The van der Waals surface area contributed by atoms with E-state index in [-0.39, 0.29) is 0 Å². The second kappa shape index (κ2) is 6.33. The Morgan fingerprint density at radius 3 is 2.48 bits per heavy atom. The first-order valence-electron chi connectivity index (χ1n) is 6.53. The number of hydrogen-bond donors (Lipinski definition) is 0. The smallest absolute Gasteiger partial charge is 0.178 e. The number of carbonyl (C=O) groups is 1. The highest BCUT2D eigenvalue weighted by Gasteiger charge is 2.04. The summed E-state index contributed by atoms with van der Waals surface area (Å²) in [7, 11) is 0. The quantitative estimate of drug-likeness (QED) is 0.662. The molecule has 0 aliphatic rings. The number of thiazole rings is 1. The third kappa shape index (κ3) is 3.35. The van der Waals surface area contributed by atoms with Gasteiger partial charge in [-0.15, -0.1) is 11.3 Å². The van der Waals surface area contributed by atoms with Gasteiger partial charge < -0.3 is 4.74 Å². The average molecular weight is 295 g/mol. The molecule has 0 amide bonds. The molecule has 3 aromatic rings. The Morgan fingerprint density at radius 1 is 1.05 bits per heavy atom. The second-order valence-corrected chi connectivity index (χ2v) is 5.38. The lowest BCUT2D eigenvalue weighted by atomic mass is 10.2. The normalized spacial score (nSPS) is 10.3. The van der Waals surface area contributed by atoms with Crippen LogP contribution in [0.3, 0.4) is 0 Å². The highest BCUT2D eigenvalue weighted by atomic mass is 32.1. The summed E-state index contributed by atoms with van der Waals surface area (Å²) < 4.78 is 5.74. The van der Waals surface area contributed by atoms with Crippen molar-refractivity contribution in [2.24, 2.45) is 0 Å². The average Bonchev–Trinajstić information content (AvgIpc) is 3.03. The minimum Gasteiger partial charge on any atom is -0.489 e. The Balaban J connectivity index is 1.68. The Morgan fingerprint density at radius 2 is 1.81 bits per heavy atom. The van der Waals surface area contributed by atoms with Gasteiger partial charge in [-0.3, -0.25) is 4.79 Å². The molecule has 0 N–H and O–H groups in total. The largest absolute Gasteiger partial charge is 0.489 e. The molecule has 3 nitrogen and oxygen atoms in total. The molecule has 0 spiro atoms. The van der Waals surface area contributed by atoms with E-state index in [1.165, 1.54) is 11.3 Å². The summed E-state index contributed by atoms with van der Waals surface area (Å²) in [6.07, 6.45) is 0.769. The van der Waals surface area contributed by atoms with Crippen LogP contribution in [0.2, 0.25) is 0 Å². The van der Waals surface area contributed by atoms with Crippen LogP contribution in [0.4, 0.5) is 0 Å². The van der Waals surface area contributed by atoms with Crippen LogP contribution in [-0.2, 0) is 6.61 Å². The molecule has 0 unspecified atom stereocenters. The summed E-state index contributed by atoms with van der Waals surface area (Å²) >= 11 is 1.35. The molecule has 0 aliphatic carbocycles. The minimum atomic E-state index is 0.495. The molecule has 0 radical (unpaired) electrons. The van der Waals surface area contributed by atoms with Gasteiger partial charge in [0.2, 0.25) is 0 Å². The predicted molar refractivity (Wildman–Crippen MR) is 83.7 cm³/mol. The Hall–Kier alpha value is -2.46. The number of hydrogen-bond acceptors (Lipinski definition) is 4. The number of aldehydes is 1. The monoisotopic (exact) mass is 295 g/mol. The van der Waals surface area contributed by atoms with E-state index < -0.39 is 0 Å². The van der Waals surface area contributed by atoms with E-state index >= 15 is 0 Å². The van der Waals surface area contributed by atoms with Crippen molar-refractivity contribution in [3.63, 3.8) is 0 Å². The molecule has 0 saturated carbocycles. The van der Waals surface area contributed by atoms with E-state index in [4.69, 9.17) is 4.74 Å². The van der Waals surface area contributed by atoms with E-state index in [1.54, 1.807) is 0 Å². The molecule has 0 fully saturated rings. The molecule has 3 rings (SSSR count). The summed E-state index contributed by atoms with van der Waals surface area (Å²) in [6, 6.07) is 17.8. The summed E-state index contributed by atoms with van der Waals surface area (Å²) in [6.45, 7) is 0.548. The van der Waals surface area contributed by atoms with Gasteiger partial charge in [-0.05, 0) is 29.8 Å². The summed E-state index contributed by atoms with van der Waals surface area (Å²) in [4.78, 5) is 14.9. The van der Waals surface area contributed by atoms with Crippen LogP contribution in [0.5, 0.6) is 5.75 Å². The fourth-order valence-electron chi connectivity index (χ4n) is 1.94. The number of carbonyl (C=O) groups excluding carboxylic acids is 1.